The largest absolute Gasteiger partial charge is 0.493 e. The van der Waals surface area contributed by atoms with Crippen LogP contribution in [-0.2, 0) is 64.0 Å². The molecule has 28 nitrogen and oxygen atoms in total. The number of nitrogens with one attached hydrogen (secondary N) is 4. The van der Waals surface area contributed by atoms with Gasteiger partial charge < -0.3 is 81.1 Å². The number of hydrogen-bond donors (Lipinski definition) is 12. The van der Waals surface area contributed by atoms with Crippen molar-refractivity contribution >= 4 is 71.4 Å². The Morgan fingerprint density at radius 1 is 0.312 bits per heavy atom. The van der Waals surface area contributed by atoms with Crippen LogP contribution in [0.4, 0.5) is 0 Å². The quantitative estimate of drug-likeness (QED) is 0.0171. The molecule has 0 unspecified atom stereocenters. The summed E-state index contributed by atoms with van der Waals surface area (Å²) in [6.07, 6.45) is -1.83. The maximum atomic E-state index is 14.8. The number of amides is 4. The summed E-state index contributed by atoms with van der Waals surface area (Å²) in [7, 11) is 0. The molecule has 96 heavy (non-hydrogen) atoms. The number of carbonyl (C=O) groups is 12. The molecule has 0 fully saturated rings. The van der Waals surface area contributed by atoms with E-state index in [1.165, 1.54) is 48.5 Å². The molecule has 4 atom stereocenters. The monoisotopic (exact) mass is 1340 g/mol. The van der Waals surface area contributed by atoms with Gasteiger partial charge in [-0.05, 0) is 144 Å². The number of carboxylic acids is 8. The third-order valence-electron chi connectivity index (χ3n) is 15.5. The van der Waals surface area contributed by atoms with E-state index in [0.29, 0.717) is 51.4 Å². The highest BCUT2D eigenvalue weighted by Crippen LogP contribution is 2.42. The van der Waals surface area contributed by atoms with Crippen molar-refractivity contribution in [3.63, 3.8) is 0 Å². The summed E-state index contributed by atoms with van der Waals surface area (Å²) in [5.41, 5.74) is 0.609. The van der Waals surface area contributed by atoms with Crippen molar-refractivity contribution in [2.24, 2.45) is 0 Å². The van der Waals surface area contributed by atoms with Crippen molar-refractivity contribution < 1.29 is 117 Å². The minimum atomic E-state index is -1.73. The van der Waals surface area contributed by atoms with Crippen molar-refractivity contribution in [2.45, 2.75) is 180 Å². The topological polar surface area (TPSA) is 452 Å². The van der Waals surface area contributed by atoms with Crippen molar-refractivity contribution in [1.82, 2.24) is 21.3 Å². The van der Waals surface area contributed by atoms with Gasteiger partial charge in [0.1, 0.15) is 47.2 Å². The number of fused-ring (bicyclic) bond motifs is 8. The summed E-state index contributed by atoms with van der Waals surface area (Å²) in [5, 5.41) is 89.0. The molecule has 0 saturated carbocycles. The zero-order chi connectivity index (χ0) is 70.8. The van der Waals surface area contributed by atoms with Crippen LogP contribution in [0, 0.1) is 0 Å². The van der Waals surface area contributed by atoms with Crippen LogP contribution in [0.2, 0.25) is 0 Å². The summed E-state index contributed by atoms with van der Waals surface area (Å²) in [6.45, 7) is 7.75. The van der Waals surface area contributed by atoms with E-state index in [-0.39, 0.29) is 142 Å². The molecule has 1 aliphatic carbocycles. The molecule has 5 rings (SSSR count). The second-order valence-corrected chi connectivity index (χ2v) is 23.2. The average molecular weight is 1340 g/mol. The SMILES string of the molecule is CCCCOc1c2cc(C(=O)N[C@H](CCC(=O)O)C(=O)O)cc1Cc1cc(C(=O)N[C@H](CCC(=O)O)C(=O)O)cc(c1OCCCC)Cc1cc(C(=O)N[C@H](CCC(=O)O)C(=O)O)cc(c1OCCCC)Cc1cc(C(=O)N[C@H](CCC(=O)O)C(=O)O)cc(c1OCCCC)C2. The third-order valence-corrected chi connectivity index (χ3v) is 15.5. The van der Waals surface area contributed by atoms with Crippen LogP contribution >= 0.6 is 0 Å². The van der Waals surface area contributed by atoms with Gasteiger partial charge in [-0.1, -0.05) is 53.4 Å². The number of unbranched alkanes of at least 4 members (excludes halogenated alkanes) is 4. The molecule has 0 saturated heterocycles. The number of ether oxygens (including phenoxy) is 4. The molecule has 0 radical (unpaired) electrons. The van der Waals surface area contributed by atoms with Gasteiger partial charge in [0.05, 0.1) is 26.4 Å². The molecule has 0 heterocycles. The number of hydrogen-bond acceptors (Lipinski definition) is 16. The van der Waals surface area contributed by atoms with E-state index in [1.54, 1.807) is 0 Å². The fourth-order valence-corrected chi connectivity index (χ4v) is 10.5. The fraction of sp³-hybridized carbons (Fsp3) is 0.471. The van der Waals surface area contributed by atoms with E-state index in [4.69, 9.17) is 18.9 Å². The number of rotatable bonds is 40. The first-order valence-electron chi connectivity index (χ1n) is 31.8. The second-order valence-electron chi connectivity index (χ2n) is 23.2. The molecule has 1 aliphatic rings. The van der Waals surface area contributed by atoms with Gasteiger partial charge in [-0.25, -0.2) is 19.2 Å². The smallest absolute Gasteiger partial charge is 0.326 e. The summed E-state index contributed by atoms with van der Waals surface area (Å²) in [6, 6.07) is 4.18. The van der Waals surface area contributed by atoms with Gasteiger partial charge in [-0.15, -0.1) is 0 Å². The highest BCUT2D eigenvalue weighted by atomic mass is 16.5. The van der Waals surface area contributed by atoms with Crippen LogP contribution < -0.4 is 40.2 Å². The first-order valence-corrected chi connectivity index (χ1v) is 31.8. The fourth-order valence-electron chi connectivity index (χ4n) is 10.5. The van der Waals surface area contributed by atoms with Gasteiger partial charge in [-0.2, -0.15) is 0 Å². The van der Waals surface area contributed by atoms with Gasteiger partial charge in [0, 0.05) is 73.6 Å². The Balaban J connectivity index is 2.09. The Morgan fingerprint density at radius 2 is 0.479 bits per heavy atom. The van der Waals surface area contributed by atoms with Crippen LogP contribution in [-0.4, -0.2) is 163 Å². The van der Waals surface area contributed by atoms with E-state index >= 15 is 0 Å². The van der Waals surface area contributed by atoms with E-state index in [9.17, 15) is 98.4 Å². The van der Waals surface area contributed by atoms with Gasteiger partial charge in [0.25, 0.3) is 23.6 Å². The lowest BCUT2D eigenvalue weighted by Gasteiger charge is -2.25. The molecule has 520 valence electrons. The van der Waals surface area contributed by atoms with Crippen LogP contribution in [0.3, 0.4) is 0 Å². The molecule has 12 N–H and O–H groups in total. The Hall–Kier alpha value is -10.3. The Bertz CT molecular complexity index is 2980. The van der Waals surface area contributed by atoms with Gasteiger partial charge in [0.2, 0.25) is 0 Å². The highest BCUT2D eigenvalue weighted by Gasteiger charge is 2.32. The van der Waals surface area contributed by atoms with E-state index in [2.05, 4.69) is 21.3 Å². The van der Waals surface area contributed by atoms with E-state index in [1.807, 2.05) is 27.7 Å². The Morgan fingerprint density at radius 3 is 0.615 bits per heavy atom. The Kier molecular flexibility index (Phi) is 29.9. The molecule has 8 bridgehead atoms. The van der Waals surface area contributed by atoms with Crippen LogP contribution in [0.5, 0.6) is 23.0 Å². The standard InChI is InChI=1S/C68H84N4O24/c1-5-9-21-93-57-37-25-39-31-46(62(82)70-50(66(87)88)14-18-54(75)76)33-41(58(39)94-22-10-6-2)27-43-35-48(64(84)72-52(68(91)92)16-20-56(79)80)36-44(60(43)96-24-12-8-4)28-42-34-47(63(83)71-51(67(89)90)15-19-55(77)78)32-40(59(42)95-23-11-7-3)26-38(57)30-45(29-37)61(81)69-49(65(85)86)13-17-53(73)74/h29-36,49-52H,5-28H2,1-4H3,(H,69,81)(H,70,82)(H,71,83)(H,72,84)(H,73,74)(H,75,76)(H,77,78)(H,79,80)(H,85,86)(H,87,88)(H,89,90)(H,91,92)/t49-,50-,51-,52-/m1/s1. The average Bonchev–Trinajstić information content (AvgIpc) is 0.774. The van der Waals surface area contributed by atoms with E-state index < -0.39 is 147 Å². The lowest BCUT2D eigenvalue weighted by molar-refractivity contribution is -0.142. The maximum Gasteiger partial charge on any atom is 0.326 e. The summed E-state index contributed by atoms with van der Waals surface area (Å²) < 4.78 is 26.9. The molecule has 4 aromatic rings. The predicted octanol–water partition coefficient (Wildman–Crippen LogP) is 7.27. The first kappa shape index (κ1) is 76.4. The first-order chi connectivity index (χ1) is 45.7. The number of benzene rings is 4. The minimum Gasteiger partial charge on any atom is -0.493 e. The molecular formula is C68H84N4O24. The van der Waals surface area contributed by atoms with Gasteiger partial charge in [-0.3, -0.25) is 38.4 Å². The zero-order valence-electron chi connectivity index (χ0n) is 54.0. The van der Waals surface area contributed by atoms with Crippen molar-refractivity contribution in [2.75, 3.05) is 26.4 Å². The summed E-state index contributed by atoms with van der Waals surface area (Å²) in [4.78, 5) is 157. The second kappa shape index (κ2) is 37.6. The van der Waals surface area contributed by atoms with Gasteiger partial charge in [0.15, 0.2) is 0 Å². The molecule has 0 aromatic heterocycles. The van der Waals surface area contributed by atoms with Crippen LogP contribution in [0.1, 0.15) is 216 Å². The van der Waals surface area contributed by atoms with Crippen molar-refractivity contribution in [3.05, 3.63) is 115 Å². The van der Waals surface area contributed by atoms with Crippen molar-refractivity contribution in [1.29, 1.82) is 0 Å². The van der Waals surface area contributed by atoms with Gasteiger partial charge >= 0.3 is 47.8 Å². The molecule has 0 aliphatic heterocycles. The predicted molar refractivity (Wildman–Crippen MR) is 342 cm³/mol. The normalized spacial score (nSPS) is 12.9. The third kappa shape index (κ3) is 23.0. The summed E-state index contributed by atoms with van der Waals surface area (Å²) in [5.74, 6) is -15.1. The molecule has 4 amide bonds. The number of carbonyl (C=O) groups excluding carboxylic acids is 4. The molecule has 4 aromatic carbocycles. The zero-order valence-corrected chi connectivity index (χ0v) is 54.0. The van der Waals surface area contributed by atoms with Crippen molar-refractivity contribution in [3.8, 4) is 23.0 Å². The molecular weight excluding hydrogens is 1260 g/mol. The molecule has 0 spiro atoms. The van der Waals surface area contributed by atoms with E-state index in [0.717, 1.165) is 0 Å². The maximum absolute atomic E-state index is 14.8. The number of carboxylic acid groups (broad SMARTS) is 8. The Labute approximate surface area is 553 Å². The lowest BCUT2D eigenvalue weighted by atomic mass is 9.88. The number of aliphatic carboxylic acids is 8. The van der Waals surface area contributed by atoms with Crippen LogP contribution in [0.15, 0.2) is 48.5 Å². The lowest BCUT2D eigenvalue weighted by Crippen LogP contribution is -2.41. The summed E-state index contributed by atoms with van der Waals surface area (Å²) >= 11 is 0. The van der Waals surface area contributed by atoms with Crippen LogP contribution in [0.25, 0.3) is 0 Å². The minimum absolute atomic E-state index is 0.0391. The highest BCUT2D eigenvalue weighted by molar-refractivity contribution is 6.00. The molecule has 28 heteroatoms.